The van der Waals surface area contributed by atoms with Crippen LogP contribution < -0.4 is 5.32 Å². The SMILES string of the molecule is Cn1cc(CNCc2cc(Br)cnc2Cl)cn1. The van der Waals surface area contributed by atoms with E-state index in [1.54, 1.807) is 10.9 Å². The number of nitrogens with zero attached hydrogens (tertiary/aromatic N) is 3. The van der Waals surface area contributed by atoms with Gasteiger partial charge in [-0.3, -0.25) is 4.68 Å². The zero-order valence-electron chi connectivity index (χ0n) is 9.32. The quantitative estimate of drug-likeness (QED) is 0.882. The lowest BCUT2D eigenvalue weighted by molar-refractivity contribution is 0.689. The molecular formula is C11H12BrClN4. The van der Waals surface area contributed by atoms with Crippen LogP contribution in [0.1, 0.15) is 11.1 Å². The zero-order valence-corrected chi connectivity index (χ0v) is 11.7. The molecule has 90 valence electrons. The van der Waals surface area contributed by atoms with Crippen LogP contribution in [0.3, 0.4) is 0 Å². The van der Waals surface area contributed by atoms with Crippen molar-refractivity contribution in [3.8, 4) is 0 Å². The summed E-state index contributed by atoms with van der Waals surface area (Å²) in [5, 5.41) is 7.94. The van der Waals surface area contributed by atoms with E-state index in [4.69, 9.17) is 11.6 Å². The molecule has 0 saturated carbocycles. The maximum atomic E-state index is 5.99. The zero-order chi connectivity index (χ0) is 12.3. The molecule has 0 radical (unpaired) electrons. The minimum absolute atomic E-state index is 0.534. The Labute approximate surface area is 113 Å². The molecule has 2 aromatic rings. The Kier molecular flexibility index (Phi) is 4.15. The van der Waals surface area contributed by atoms with Crippen molar-refractivity contribution in [1.29, 1.82) is 0 Å². The van der Waals surface area contributed by atoms with Crippen LogP contribution in [0.2, 0.25) is 5.15 Å². The third-order valence-electron chi connectivity index (χ3n) is 2.28. The van der Waals surface area contributed by atoms with Crippen molar-refractivity contribution in [3.63, 3.8) is 0 Å². The first kappa shape index (κ1) is 12.5. The fraction of sp³-hybridized carbons (Fsp3) is 0.273. The molecule has 17 heavy (non-hydrogen) atoms. The van der Waals surface area contributed by atoms with Gasteiger partial charge in [-0.15, -0.1) is 0 Å². The molecule has 0 aliphatic heterocycles. The Hall–Kier alpha value is -0.910. The van der Waals surface area contributed by atoms with Crippen molar-refractivity contribution in [3.05, 3.63) is 45.4 Å². The van der Waals surface area contributed by atoms with Gasteiger partial charge in [-0.05, 0) is 22.0 Å². The van der Waals surface area contributed by atoms with Gasteiger partial charge in [-0.1, -0.05) is 11.6 Å². The Balaban J connectivity index is 1.91. The maximum Gasteiger partial charge on any atom is 0.133 e. The number of pyridine rings is 1. The number of nitrogens with one attached hydrogen (secondary N) is 1. The summed E-state index contributed by atoms with van der Waals surface area (Å²) in [6.45, 7) is 1.44. The Bertz CT molecular complexity index is 512. The van der Waals surface area contributed by atoms with Gasteiger partial charge in [0, 0.05) is 48.1 Å². The highest BCUT2D eigenvalue weighted by atomic mass is 79.9. The summed E-state index contributed by atoms with van der Waals surface area (Å²) in [7, 11) is 1.90. The van der Waals surface area contributed by atoms with Crippen LogP contribution in [0.4, 0.5) is 0 Å². The molecule has 1 N–H and O–H groups in total. The predicted molar refractivity (Wildman–Crippen MR) is 70.7 cm³/mol. The molecule has 0 fully saturated rings. The van der Waals surface area contributed by atoms with Gasteiger partial charge in [-0.25, -0.2) is 4.98 Å². The van der Waals surface area contributed by atoms with Crippen molar-refractivity contribution in [2.45, 2.75) is 13.1 Å². The van der Waals surface area contributed by atoms with E-state index in [2.05, 4.69) is 31.3 Å². The van der Waals surface area contributed by atoms with Crippen molar-refractivity contribution >= 4 is 27.5 Å². The van der Waals surface area contributed by atoms with E-state index in [0.29, 0.717) is 11.7 Å². The molecule has 0 aliphatic rings. The van der Waals surface area contributed by atoms with Gasteiger partial charge in [0.15, 0.2) is 0 Å². The van der Waals surface area contributed by atoms with Gasteiger partial charge in [-0.2, -0.15) is 5.10 Å². The van der Waals surface area contributed by atoms with E-state index in [1.165, 1.54) is 0 Å². The van der Waals surface area contributed by atoms with E-state index in [0.717, 1.165) is 22.1 Å². The second-order valence-corrected chi connectivity index (χ2v) is 5.00. The standard InChI is InChI=1S/C11H12BrClN4/c1-17-7-8(4-16-17)3-14-5-9-2-10(12)6-15-11(9)13/h2,4,6-7,14H,3,5H2,1H3. The van der Waals surface area contributed by atoms with E-state index >= 15 is 0 Å². The van der Waals surface area contributed by atoms with Crippen LogP contribution in [-0.2, 0) is 20.1 Å². The van der Waals surface area contributed by atoms with E-state index in [9.17, 15) is 0 Å². The van der Waals surface area contributed by atoms with Crippen LogP contribution in [0.25, 0.3) is 0 Å². The molecule has 4 nitrogen and oxygen atoms in total. The average Bonchev–Trinajstić information content (AvgIpc) is 2.69. The molecule has 0 spiro atoms. The average molecular weight is 316 g/mol. The maximum absolute atomic E-state index is 5.99. The molecule has 2 rings (SSSR count). The summed E-state index contributed by atoms with van der Waals surface area (Å²) in [6.07, 6.45) is 5.51. The number of hydrogen-bond acceptors (Lipinski definition) is 3. The minimum Gasteiger partial charge on any atom is -0.308 e. The van der Waals surface area contributed by atoms with E-state index in [-0.39, 0.29) is 0 Å². The molecule has 6 heteroatoms. The molecule has 2 heterocycles. The van der Waals surface area contributed by atoms with Gasteiger partial charge in [0.2, 0.25) is 0 Å². The summed E-state index contributed by atoms with van der Waals surface area (Å²) in [4.78, 5) is 4.07. The van der Waals surface area contributed by atoms with Crippen LogP contribution >= 0.6 is 27.5 Å². The monoisotopic (exact) mass is 314 g/mol. The number of halogens is 2. The molecule has 0 unspecified atom stereocenters. The molecule has 2 aromatic heterocycles. The molecular weight excluding hydrogens is 304 g/mol. The summed E-state index contributed by atoms with van der Waals surface area (Å²) in [5.74, 6) is 0. The molecule has 0 amide bonds. The number of hydrogen-bond donors (Lipinski definition) is 1. The first-order chi connectivity index (χ1) is 8.15. The van der Waals surface area contributed by atoms with Gasteiger partial charge < -0.3 is 5.32 Å². The first-order valence-corrected chi connectivity index (χ1v) is 6.30. The molecule has 0 saturated heterocycles. The van der Waals surface area contributed by atoms with Crippen molar-refractivity contribution < 1.29 is 0 Å². The topological polar surface area (TPSA) is 42.7 Å². The van der Waals surface area contributed by atoms with Crippen molar-refractivity contribution in [2.24, 2.45) is 7.05 Å². The third kappa shape index (κ3) is 3.52. The lowest BCUT2D eigenvalue weighted by Crippen LogP contribution is -2.12. The second-order valence-electron chi connectivity index (χ2n) is 3.73. The largest absolute Gasteiger partial charge is 0.308 e. The van der Waals surface area contributed by atoms with Crippen molar-refractivity contribution in [2.75, 3.05) is 0 Å². The van der Waals surface area contributed by atoms with E-state index in [1.807, 2.05) is 25.5 Å². The normalized spacial score (nSPS) is 10.8. The van der Waals surface area contributed by atoms with Gasteiger partial charge in [0.1, 0.15) is 5.15 Å². The van der Waals surface area contributed by atoms with Crippen LogP contribution in [-0.4, -0.2) is 14.8 Å². The Morgan fingerprint density at radius 1 is 1.41 bits per heavy atom. The highest BCUT2D eigenvalue weighted by Crippen LogP contribution is 2.17. The smallest absolute Gasteiger partial charge is 0.133 e. The first-order valence-electron chi connectivity index (χ1n) is 5.13. The number of rotatable bonds is 4. The number of aryl methyl sites for hydroxylation is 1. The second kappa shape index (κ2) is 5.62. The fourth-order valence-electron chi connectivity index (χ4n) is 1.49. The fourth-order valence-corrected chi connectivity index (χ4v) is 2.04. The van der Waals surface area contributed by atoms with Gasteiger partial charge in [0.25, 0.3) is 0 Å². The lowest BCUT2D eigenvalue weighted by Gasteiger charge is -2.05. The lowest BCUT2D eigenvalue weighted by atomic mass is 10.3. The van der Waals surface area contributed by atoms with Gasteiger partial charge >= 0.3 is 0 Å². The summed E-state index contributed by atoms with van der Waals surface area (Å²) in [5.41, 5.74) is 2.12. The number of aromatic nitrogens is 3. The van der Waals surface area contributed by atoms with Crippen LogP contribution in [0.5, 0.6) is 0 Å². The minimum atomic E-state index is 0.534. The highest BCUT2D eigenvalue weighted by molar-refractivity contribution is 9.10. The Morgan fingerprint density at radius 3 is 2.94 bits per heavy atom. The summed E-state index contributed by atoms with van der Waals surface area (Å²) >= 11 is 9.37. The third-order valence-corrected chi connectivity index (χ3v) is 3.06. The van der Waals surface area contributed by atoms with Crippen LogP contribution in [0.15, 0.2) is 29.1 Å². The molecule has 0 atom stereocenters. The Morgan fingerprint density at radius 2 is 2.24 bits per heavy atom. The van der Waals surface area contributed by atoms with Crippen LogP contribution in [0, 0.1) is 0 Å². The van der Waals surface area contributed by atoms with Crippen molar-refractivity contribution in [1.82, 2.24) is 20.1 Å². The molecule has 0 aliphatic carbocycles. The van der Waals surface area contributed by atoms with Gasteiger partial charge in [0.05, 0.1) is 6.20 Å². The highest BCUT2D eigenvalue weighted by Gasteiger charge is 2.02. The predicted octanol–water partition coefficient (Wildman–Crippen LogP) is 2.52. The molecule has 0 aromatic carbocycles. The molecule has 0 bridgehead atoms. The summed E-state index contributed by atoms with van der Waals surface area (Å²) in [6, 6.07) is 1.96. The summed E-state index contributed by atoms with van der Waals surface area (Å²) < 4.78 is 2.71. The van der Waals surface area contributed by atoms with E-state index < -0.39 is 0 Å².